The minimum Gasteiger partial charge on any atom is -0.679 e. The Bertz CT molecular complexity index is 238. The summed E-state index contributed by atoms with van der Waals surface area (Å²) in [6, 6.07) is -0.597. The maximum atomic E-state index is 8.74. The Morgan fingerprint density at radius 3 is 0.810 bits per heavy atom. The first kappa shape index (κ1) is 33.2. The van der Waals surface area contributed by atoms with E-state index in [0.29, 0.717) is 0 Å². The molecule has 0 aliphatic heterocycles. The summed E-state index contributed by atoms with van der Waals surface area (Å²) in [6.45, 7) is 5.77. The summed E-state index contributed by atoms with van der Waals surface area (Å²) in [5, 5.41) is 0. The molecule has 0 aromatic heterocycles. The van der Waals surface area contributed by atoms with Gasteiger partial charge in [-0.3, -0.25) is 9.11 Å². The van der Waals surface area contributed by atoms with Gasteiger partial charge in [-0.25, -0.2) is 0 Å². The van der Waals surface area contributed by atoms with Crippen LogP contribution in [0, 0.1) is 0 Å². The van der Waals surface area contributed by atoms with Gasteiger partial charge in [0.25, 0.3) is 0 Å². The van der Waals surface area contributed by atoms with Gasteiger partial charge in [-0.2, -0.15) is 46.2 Å². The number of hydrogen-bond acceptors (Lipinski definition) is 2. The van der Waals surface area contributed by atoms with Crippen molar-refractivity contribution in [2.75, 3.05) is 19.6 Å². The molecule has 0 saturated carbocycles. The van der Waals surface area contributed by atoms with Crippen molar-refractivity contribution >= 4 is 10.4 Å². The van der Waals surface area contributed by atoms with Crippen molar-refractivity contribution in [1.82, 2.24) is 0 Å². The standard InChI is InChI=1S/3C3H8N2.Cd.H2O4S/c3*1-3(5)2-4;;1-5(2,3)4/h3*3-5H,2H2,1H3;;(H2,1,2,3,4)/q3*-2;+2;. The summed E-state index contributed by atoms with van der Waals surface area (Å²) in [5.74, 6) is 0. The normalized spacial score (nSPS) is 13.5. The van der Waals surface area contributed by atoms with E-state index < -0.39 is 10.4 Å². The Labute approximate surface area is 148 Å². The topological polar surface area (TPSA) is 217 Å². The summed E-state index contributed by atoms with van der Waals surface area (Å²) < 4.78 is 31.6. The molecule has 0 aliphatic carbocycles. The molecule has 12 heteroatoms. The van der Waals surface area contributed by atoms with Gasteiger partial charge in [0.05, 0.1) is 0 Å². The first-order valence-electron chi connectivity index (χ1n) is 5.58. The monoisotopic (exact) mass is 428 g/mol. The van der Waals surface area contributed by atoms with Crippen molar-refractivity contribution in [2.45, 2.75) is 38.9 Å². The third kappa shape index (κ3) is 165. The molecule has 0 amide bonds. The smallest absolute Gasteiger partial charge is 0.679 e. The van der Waals surface area contributed by atoms with E-state index in [1.165, 1.54) is 0 Å². The molecule has 0 aromatic carbocycles. The molecule has 0 spiro atoms. The molecule has 8 N–H and O–H groups in total. The third-order valence-corrected chi connectivity index (χ3v) is 0.919. The Kier molecular flexibility index (Phi) is 36.1. The van der Waals surface area contributed by atoms with Crippen molar-refractivity contribution in [1.29, 1.82) is 0 Å². The number of nitrogens with one attached hydrogen (secondary N) is 6. The van der Waals surface area contributed by atoms with Crippen LogP contribution in [0.5, 0.6) is 0 Å². The van der Waals surface area contributed by atoms with Crippen LogP contribution in [0.2, 0.25) is 0 Å². The SMILES string of the molecule is CC([NH-])C[NH-].CC([NH-])C[NH-].CC([NH-])C[NH-].O=S(=O)(O)O.[Cd+2]. The molecule has 0 aliphatic rings. The second-order valence-corrected chi connectivity index (χ2v) is 4.66. The molecule has 0 rings (SSSR count). The number of rotatable bonds is 3. The Morgan fingerprint density at radius 2 is 0.810 bits per heavy atom. The average Bonchev–Trinajstić information content (AvgIpc) is 2.28. The zero-order chi connectivity index (χ0) is 17.4. The Balaban J connectivity index is -0.0000000533. The van der Waals surface area contributed by atoms with E-state index in [2.05, 4.69) is 0 Å². The maximum Gasteiger partial charge on any atom is 2.00 e. The molecule has 0 aromatic rings. The first-order chi connectivity index (χ1) is 8.81. The molecule has 128 valence electrons. The zero-order valence-corrected chi connectivity index (χ0v) is 17.5. The second kappa shape index (κ2) is 22.8. The maximum absolute atomic E-state index is 8.74. The molecule has 0 radical (unpaired) electrons. The molecule has 0 fully saturated rings. The van der Waals surface area contributed by atoms with Gasteiger partial charge in [0.2, 0.25) is 0 Å². The molecule has 10 nitrogen and oxygen atoms in total. The molecular formula is C9H26CdN6O4S-4. The van der Waals surface area contributed by atoms with Gasteiger partial charge in [0.15, 0.2) is 0 Å². The van der Waals surface area contributed by atoms with Crippen molar-refractivity contribution in [3.05, 3.63) is 34.4 Å². The fraction of sp³-hybridized carbons (Fsp3) is 1.00. The Morgan fingerprint density at radius 1 is 0.762 bits per heavy atom. The predicted molar refractivity (Wildman–Crippen MR) is 83.1 cm³/mol. The third-order valence-electron chi connectivity index (χ3n) is 0.919. The van der Waals surface area contributed by atoms with Crippen molar-refractivity contribution in [3.8, 4) is 0 Å². The van der Waals surface area contributed by atoms with Gasteiger partial charge in [-0.1, -0.05) is 20.8 Å². The van der Waals surface area contributed by atoms with Crippen LogP contribution in [-0.4, -0.2) is 55.3 Å². The predicted octanol–water partition coefficient (Wildman–Crippen LogP) is 3.78. The van der Waals surface area contributed by atoms with Crippen LogP contribution in [0.3, 0.4) is 0 Å². The molecule has 21 heavy (non-hydrogen) atoms. The van der Waals surface area contributed by atoms with Gasteiger partial charge in [-0.15, -0.1) is 0 Å². The van der Waals surface area contributed by atoms with Gasteiger partial charge in [0, 0.05) is 0 Å². The van der Waals surface area contributed by atoms with Crippen LogP contribution in [-0.2, 0) is 37.7 Å². The van der Waals surface area contributed by atoms with E-state index in [0.717, 1.165) is 0 Å². The van der Waals surface area contributed by atoms with Gasteiger partial charge < -0.3 is 34.4 Å². The molecule has 0 heterocycles. The summed E-state index contributed by atoms with van der Waals surface area (Å²) in [7, 11) is -4.67. The van der Waals surface area contributed by atoms with Crippen molar-refractivity contribution in [3.63, 3.8) is 0 Å². The molecule has 0 bridgehead atoms. The molecular weight excluding hydrogens is 401 g/mol. The van der Waals surface area contributed by atoms with Gasteiger partial charge in [-0.05, 0) is 0 Å². The van der Waals surface area contributed by atoms with E-state index >= 15 is 0 Å². The minimum absolute atomic E-state index is 0. The zero-order valence-electron chi connectivity index (χ0n) is 12.7. The summed E-state index contributed by atoms with van der Waals surface area (Å²) >= 11 is 0. The average molecular weight is 427 g/mol. The largest absolute Gasteiger partial charge is 2.00 e. The van der Waals surface area contributed by atoms with Gasteiger partial charge in [0.1, 0.15) is 0 Å². The van der Waals surface area contributed by atoms with E-state index in [-0.39, 0.29) is 65.1 Å². The van der Waals surface area contributed by atoms with E-state index in [4.69, 9.17) is 51.9 Å². The van der Waals surface area contributed by atoms with Crippen molar-refractivity contribution in [2.24, 2.45) is 0 Å². The van der Waals surface area contributed by atoms with E-state index in [1.54, 1.807) is 20.8 Å². The first-order valence-corrected chi connectivity index (χ1v) is 6.98. The van der Waals surface area contributed by atoms with Crippen molar-refractivity contribution < 1.29 is 44.8 Å². The van der Waals surface area contributed by atoms with Crippen LogP contribution < -0.4 is 0 Å². The Hall–Kier alpha value is 0.552. The van der Waals surface area contributed by atoms with Crippen LogP contribution in [0.25, 0.3) is 34.4 Å². The minimum atomic E-state index is -4.67. The molecule has 0 saturated heterocycles. The quantitative estimate of drug-likeness (QED) is 0.507. The van der Waals surface area contributed by atoms with E-state index in [9.17, 15) is 0 Å². The second-order valence-electron chi connectivity index (χ2n) is 3.76. The van der Waals surface area contributed by atoms with Gasteiger partial charge >= 0.3 is 37.7 Å². The van der Waals surface area contributed by atoms with Crippen LogP contribution in [0.4, 0.5) is 0 Å². The molecule has 3 unspecified atom stereocenters. The van der Waals surface area contributed by atoms with E-state index in [1.807, 2.05) is 0 Å². The fourth-order valence-corrected chi connectivity index (χ4v) is 0. The fourth-order valence-electron chi connectivity index (χ4n) is 0. The molecule has 3 atom stereocenters. The van der Waals surface area contributed by atoms with Crippen LogP contribution in [0.15, 0.2) is 0 Å². The van der Waals surface area contributed by atoms with Crippen LogP contribution in [0.1, 0.15) is 20.8 Å². The van der Waals surface area contributed by atoms with Crippen LogP contribution >= 0.6 is 0 Å². The summed E-state index contributed by atoms with van der Waals surface area (Å²) in [4.78, 5) is 0. The number of hydrogen-bond donors (Lipinski definition) is 2. The summed E-state index contributed by atoms with van der Waals surface area (Å²) in [5.41, 5.74) is 39.3. The summed E-state index contributed by atoms with van der Waals surface area (Å²) in [6.07, 6.45) is 0.